The normalized spacial score (nSPS) is 17.8. The number of carboxylic acids is 1. The third kappa shape index (κ3) is 5.29. The number of aliphatic carboxylic acids is 1. The molecule has 2 fully saturated rings. The van der Waals surface area contributed by atoms with Crippen molar-refractivity contribution in [1.29, 1.82) is 0 Å². The quantitative estimate of drug-likeness (QED) is 0.616. The number of hydrogen-bond acceptors (Lipinski definition) is 3. The highest BCUT2D eigenvalue weighted by Gasteiger charge is 2.31. The zero-order valence-corrected chi connectivity index (χ0v) is 19.2. The minimum Gasteiger partial charge on any atom is -0.481 e. The fraction of sp³-hybridized carbons (Fsp3) is 0.458. The molecular weight excluding hydrogens is 419 g/mol. The van der Waals surface area contributed by atoms with E-state index in [0.29, 0.717) is 5.92 Å². The third-order valence-electron chi connectivity index (χ3n) is 5.93. The average molecular weight is 449 g/mol. The van der Waals surface area contributed by atoms with Gasteiger partial charge in [0.2, 0.25) is 0 Å². The summed E-state index contributed by atoms with van der Waals surface area (Å²) in [6, 6.07) is 14.4. The molecule has 0 amide bonds. The van der Waals surface area contributed by atoms with Crippen LogP contribution in [0.1, 0.15) is 43.7 Å². The fourth-order valence-corrected chi connectivity index (χ4v) is 4.89. The summed E-state index contributed by atoms with van der Waals surface area (Å²) >= 11 is 12.7. The molecule has 2 aliphatic heterocycles. The number of likely N-dealkylation sites (tertiary alicyclic amines) is 1. The maximum absolute atomic E-state index is 11.1. The van der Waals surface area contributed by atoms with E-state index in [-0.39, 0.29) is 5.92 Å². The number of hydrogen-bond donors (Lipinski definition) is 1. The molecule has 1 N–H and O–H groups in total. The second-order valence-corrected chi connectivity index (χ2v) is 8.61. The highest BCUT2D eigenvalue weighted by atomic mass is 35.5. The Bertz CT molecular complexity index is 823. The standard InChI is InChI=1S/C22H24Cl2N2O2.C2H6/c23-19-2-1-3-20(24)21(19)17-13-26(14-17)18-6-4-15(5-7-18)12-25-10-8-16(9-11-25)22(27)28;1-2/h1-7,16-17H,8-14H2,(H,27,28);1-2H3. The summed E-state index contributed by atoms with van der Waals surface area (Å²) in [4.78, 5) is 15.7. The van der Waals surface area contributed by atoms with E-state index in [9.17, 15) is 4.79 Å². The van der Waals surface area contributed by atoms with Crippen molar-refractivity contribution in [1.82, 2.24) is 4.90 Å². The number of carbonyl (C=O) groups is 1. The van der Waals surface area contributed by atoms with Crippen LogP contribution in [0.25, 0.3) is 0 Å². The first kappa shape index (κ1) is 22.9. The summed E-state index contributed by atoms with van der Waals surface area (Å²) in [6.07, 6.45) is 1.49. The fourth-order valence-electron chi connectivity index (χ4n) is 4.18. The number of halogens is 2. The maximum atomic E-state index is 11.1. The Balaban J connectivity index is 0.00000124. The van der Waals surface area contributed by atoms with Gasteiger partial charge >= 0.3 is 5.97 Å². The number of carboxylic acid groups (broad SMARTS) is 1. The van der Waals surface area contributed by atoms with Crippen LogP contribution in [-0.4, -0.2) is 42.2 Å². The average Bonchev–Trinajstić information content (AvgIpc) is 2.72. The van der Waals surface area contributed by atoms with E-state index in [4.69, 9.17) is 28.3 Å². The molecule has 30 heavy (non-hydrogen) atoms. The number of rotatable bonds is 5. The molecule has 0 atom stereocenters. The van der Waals surface area contributed by atoms with Gasteiger partial charge in [-0.3, -0.25) is 9.69 Å². The molecule has 0 saturated carbocycles. The van der Waals surface area contributed by atoms with Crippen LogP contribution in [0.3, 0.4) is 0 Å². The van der Waals surface area contributed by atoms with Crippen molar-refractivity contribution in [2.45, 2.75) is 39.2 Å². The Kier molecular flexibility index (Phi) is 8.04. The Labute approximate surface area is 189 Å². The van der Waals surface area contributed by atoms with Crippen molar-refractivity contribution in [2.24, 2.45) is 5.92 Å². The van der Waals surface area contributed by atoms with Crippen molar-refractivity contribution in [3.05, 3.63) is 63.6 Å². The minimum atomic E-state index is -0.657. The van der Waals surface area contributed by atoms with Crippen LogP contribution in [0.4, 0.5) is 5.69 Å². The number of nitrogens with zero attached hydrogens (tertiary/aromatic N) is 2. The van der Waals surface area contributed by atoms with Crippen molar-refractivity contribution in [3.63, 3.8) is 0 Å². The molecule has 162 valence electrons. The predicted molar refractivity (Wildman–Crippen MR) is 125 cm³/mol. The van der Waals surface area contributed by atoms with Crippen LogP contribution in [0, 0.1) is 5.92 Å². The van der Waals surface area contributed by atoms with Crippen LogP contribution in [0.2, 0.25) is 10.0 Å². The SMILES string of the molecule is CC.O=C(O)C1CCN(Cc2ccc(N3CC(c4c(Cl)cccc4Cl)C3)cc2)CC1. The first-order valence-corrected chi connectivity index (χ1v) is 11.5. The van der Waals surface area contributed by atoms with Crippen LogP contribution in [0.15, 0.2) is 42.5 Å². The van der Waals surface area contributed by atoms with Gasteiger partial charge in [0.25, 0.3) is 0 Å². The third-order valence-corrected chi connectivity index (χ3v) is 6.59. The highest BCUT2D eigenvalue weighted by molar-refractivity contribution is 6.36. The van der Waals surface area contributed by atoms with Gasteiger partial charge in [-0.25, -0.2) is 0 Å². The van der Waals surface area contributed by atoms with Crippen LogP contribution >= 0.6 is 23.2 Å². The lowest BCUT2D eigenvalue weighted by molar-refractivity contribution is -0.143. The van der Waals surface area contributed by atoms with Gasteiger partial charge in [-0.2, -0.15) is 0 Å². The van der Waals surface area contributed by atoms with Gasteiger partial charge in [-0.1, -0.05) is 55.2 Å². The van der Waals surface area contributed by atoms with Gasteiger partial charge in [-0.15, -0.1) is 0 Å². The van der Waals surface area contributed by atoms with Gasteiger partial charge in [0.15, 0.2) is 0 Å². The minimum absolute atomic E-state index is 0.176. The van der Waals surface area contributed by atoms with Crippen molar-refractivity contribution in [2.75, 3.05) is 31.1 Å². The predicted octanol–water partition coefficient (Wildman–Crippen LogP) is 5.92. The smallest absolute Gasteiger partial charge is 0.306 e. The van der Waals surface area contributed by atoms with E-state index < -0.39 is 5.97 Å². The van der Waals surface area contributed by atoms with Gasteiger partial charge in [0.05, 0.1) is 5.92 Å². The van der Waals surface area contributed by atoms with Gasteiger partial charge in [-0.05, 0) is 61.3 Å². The molecule has 0 aromatic heterocycles. The van der Waals surface area contributed by atoms with E-state index >= 15 is 0 Å². The molecule has 4 rings (SSSR count). The zero-order chi connectivity index (χ0) is 21.7. The Morgan fingerprint density at radius 3 is 2.10 bits per heavy atom. The molecule has 0 bridgehead atoms. The number of piperidine rings is 1. The Hall–Kier alpha value is -1.75. The van der Waals surface area contributed by atoms with Crippen LogP contribution < -0.4 is 4.90 Å². The topological polar surface area (TPSA) is 43.8 Å². The van der Waals surface area contributed by atoms with Gasteiger partial charge in [0, 0.05) is 41.3 Å². The number of benzene rings is 2. The molecule has 4 nitrogen and oxygen atoms in total. The lowest BCUT2D eigenvalue weighted by Gasteiger charge is -2.42. The van der Waals surface area contributed by atoms with Gasteiger partial charge in [0.1, 0.15) is 0 Å². The molecule has 0 aliphatic carbocycles. The summed E-state index contributed by atoms with van der Waals surface area (Å²) in [5, 5.41) is 10.6. The molecule has 2 saturated heterocycles. The highest BCUT2D eigenvalue weighted by Crippen LogP contribution is 2.38. The summed E-state index contributed by atoms with van der Waals surface area (Å²) in [5.74, 6) is -0.462. The van der Waals surface area contributed by atoms with E-state index in [2.05, 4.69) is 34.1 Å². The molecule has 2 aromatic rings. The van der Waals surface area contributed by atoms with E-state index in [1.54, 1.807) is 0 Å². The first-order valence-electron chi connectivity index (χ1n) is 10.7. The molecule has 6 heteroatoms. The van der Waals surface area contributed by atoms with E-state index in [1.807, 2.05) is 32.0 Å². The van der Waals surface area contributed by atoms with E-state index in [1.165, 1.54) is 11.3 Å². The van der Waals surface area contributed by atoms with Crippen molar-refractivity contribution >= 4 is 34.9 Å². The van der Waals surface area contributed by atoms with Crippen molar-refractivity contribution < 1.29 is 9.90 Å². The number of anilines is 1. The molecule has 0 radical (unpaired) electrons. The van der Waals surface area contributed by atoms with Gasteiger partial charge < -0.3 is 10.0 Å². The molecule has 2 aliphatic rings. The summed E-state index contributed by atoms with van der Waals surface area (Å²) in [7, 11) is 0. The molecule has 2 aromatic carbocycles. The monoisotopic (exact) mass is 448 g/mol. The van der Waals surface area contributed by atoms with E-state index in [0.717, 1.165) is 61.2 Å². The lowest BCUT2D eigenvalue weighted by Crippen LogP contribution is -2.45. The molecule has 0 spiro atoms. The Morgan fingerprint density at radius 2 is 1.57 bits per heavy atom. The lowest BCUT2D eigenvalue weighted by atomic mass is 9.90. The summed E-state index contributed by atoms with van der Waals surface area (Å²) in [6.45, 7) is 8.43. The Morgan fingerprint density at radius 1 is 1.00 bits per heavy atom. The first-order chi connectivity index (χ1) is 14.5. The summed E-state index contributed by atoms with van der Waals surface area (Å²) < 4.78 is 0. The molecule has 0 unspecified atom stereocenters. The maximum Gasteiger partial charge on any atom is 0.306 e. The second kappa shape index (κ2) is 10.5. The molecular formula is C24H30Cl2N2O2. The summed E-state index contributed by atoms with van der Waals surface area (Å²) in [5.41, 5.74) is 3.54. The molecule has 2 heterocycles. The van der Waals surface area contributed by atoms with Crippen LogP contribution in [-0.2, 0) is 11.3 Å². The van der Waals surface area contributed by atoms with Crippen molar-refractivity contribution in [3.8, 4) is 0 Å². The second-order valence-electron chi connectivity index (χ2n) is 7.79. The zero-order valence-electron chi connectivity index (χ0n) is 17.7. The largest absolute Gasteiger partial charge is 0.481 e. The van der Waals surface area contributed by atoms with Crippen LogP contribution in [0.5, 0.6) is 0 Å².